The highest BCUT2D eigenvalue weighted by molar-refractivity contribution is 9.09. The molecule has 1 spiro atoms. The average Bonchev–Trinajstić information content (AvgIpc) is 3.66. The molecule has 3 heterocycles. The minimum Gasteiger partial charge on any atom is -0.494 e. The number of benzene rings is 2. The molecule has 3 saturated heterocycles. The number of amides is 3. The number of aliphatic hydroxyl groups excluding tert-OH is 1. The molecule has 252 valence electrons. The first kappa shape index (κ1) is 35.5. The van der Waals surface area contributed by atoms with Crippen molar-refractivity contribution in [2.45, 2.75) is 60.5 Å². The third-order valence-electron chi connectivity index (χ3n) is 9.84. The highest BCUT2D eigenvalue weighted by Gasteiger charge is 2.76. The molecule has 2 bridgehead atoms. The summed E-state index contributed by atoms with van der Waals surface area (Å²) in [6.07, 6.45) is 4.56. The molecule has 3 amide bonds. The van der Waals surface area contributed by atoms with Crippen LogP contribution in [0.5, 0.6) is 5.75 Å². The number of halogens is 2. The van der Waals surface area contributed by atoms with E-state index >= 15 is 0 Å². The van der Waals surface area contributed by atoms with Gasteiger partial charge in [0.15, 0.2) is 0 Å². The number of hydrogen-bond acceptors (Lipinski definition) is 6. The fraction of sp³-hybridized carbons (Fsp3) is 0.472. The van der Waals surface area contributed by atoms with Gasteiger partial charge < -0.3 is 24.5 Å². The molecule has 0 radical (unpaired) electrons. The molecule has 47 heavy (non-hydrogen) atoms. The molecular formula is C36H43BrClN3O5S. The molecule has 0 saturated carbocycles. The fourth-order valence-corrected chi connectivity index (χ4v) is 11.3. The van der Waals surface area contributed by atoms with Crippen LogP contribution in [0.1, 0.15) is 33.6 Å². The molecule has 3 aliphatic rings. The van der Waals surface area contributed by atoms with Crippen LogP contribution in [0.4, 0.5) is 11.4 Å². The molecule has 3 aliphatic heterocycles. The van der Waals surface area contributed by atoms with Crippen molar-refractivity contribution >= 4 is 68.4 Å². The number of hydrogen-bond donors (Lipinski definition) is 1. The fourth-order valence-electron chi connectivity index (χ4n) is 7.54. The molecule has 5 rings (SSSR count). The van der Waals surface area contributed by atoms with Gasteiger partial charge in [-0.1, -0.05) is 60.0 Å². The van der Waals surface area contributed by atoms with Crippen LogP contribution in [-0.2, 0) is 14.4 Å². The van der Waals surface area contributed by atoms with Gasteiger partial charge in [-0.15, -0.1) is 24.9 Å². The van der Waals surface area contributed by atoms with E-state index in [-0.39, 0.29) is 53.4 Å². The van der Waals surface area contributed by atoms with Gasteiger partial charge in [-0.05, 0) is 67.8 Å². The summed E-state index contributed by atoms with van der Waals surface area (Å²) >= 11 is 11.6. The Morgan fingerprint density at radius 1 is 1.09 bits per heavy atom. The van der Waals surface area contributed by atoms with Gasteiger partial charge >= 0.3 is 0 Å². The van der Waals surface area contributed by atoms with Gasteiger partial charge in [-0.2, -0.15) is 0 Å². The molecule has 11 heteroatoms. The Morgan fingerprint density at radius 2 is 1.66 bits per heavy atom. The Labute approximate surface area is 295 Å². The van der Waals surface area contributed by atoms with Gasteiger partial charge in [0.1, 0.15) is 11.8 Å². The van der Waals surface area contributed by atoms with Crippen LogP contribution in [0, 0.1) is 17.8 Å². The Hall–Kier alpha value is -2.79. The molecule has 3 fully saturated rings. The number of rotatable bonds is 14. The maximum atomic E-state index is 15.0. The summed E-state index contributed by atoms with van der Waals surface area (Å²) in [6.45, 7) is 14.4. The number of fused-ring (bicyclic) bond motifs is 1. The Morgan fingerprint density at radius 3 is 2.19 bits per heavy atom. The van der Waals surface area contributed by atoms with Crippen molar-refractivity contribution in [3.8, 4) is 5.75 Å². The summed E-state index contributed by atoms with van der Waals surface area (Å²) in [6, 6.07) is 12.8. The SMILES string of the molecule is C=CCN(C(=O)C1N([C@@H](CO)[C@@H](C)CC)C(=O)[C@@H]2[C@@H](C(=O)N(CC=C)c3ccc(OCC)cc3)[C@@H]3SC12CC3Br)c1ccc(Cl)cc1. The van der Waals surface area contributed by atoms with Gasteiger partial charge in [-0.3, -0.25) is 14.4 Å². The third-order valence-corrected chi connectivity index (χ3v) is 13.3. The third kappa shape index (κ3) is 6.27. The number of nitrogens with zero attached hydrogens (tertiary/aromatic N) is 3. The summed E-state index contributed by atoms with van der Waals surface area (Å²) in [4.78, 5) is 49.4. The first-order chi connectivity index (χ1) is 22.6. The Bertz CT molecular complexity index is 1490. The number of carbonyl (C=O) groups is 3. The quantitative estimate of drug-likeness (QED) is 0.179. The minimum atomic E-state index is -0.909. The number of carbonyl (C=O) groups excluding carboxylic acids is 3. The van der Waals surface area contributed by atoms with Crippen LogP contribution in [0.2, 0.25) is 5.02 Å². The molecule has 0 aliphatic carbocycles. The minimum absolute atomic E-state index is 0.0879. The lowest BCUT2D eigenvalue weighted by molar-refractivity contribution is -0.143. The highest BCUT2D eigenvalue weighted by Crippen LogP contribution is 2.68. The first-order valence-corrected chi connectivity index (χ1v) is 18.3. The molecule has 0 aromatic heterocycles. The molecule has 8 nitrogen and oxygen atoms in total. The van der Waals surface area contributed by atoms with E-state index in [0.29, 0.717) is 41.6 Å². The molecule has 1 N–H and O–H groups in total. The monoisotopic (exact) mass is 743 g/mol. The van der Waals surface area contributed by atoms with Crippen molar-refractivity contribution in [1.29, 1.82) is 0 Å². The zero-order chi connectivity index (χ0) is 34.0. The van der Waals surface area contributed by atoms with E-state index in [1.54, 1.807) is 62.9 Å². The number of alkyl halides is 1. The number of thioether (sulfide) groups is 1. The largest absolute Gasteiger partial charge is 0.494 e. The number of aliphatic hydroxyl groups is 1. The summed E-state index contributed by atoms with van der Waals surface area (Å²) in [7, 11) is 0. The van der Waals surface area contributed by atoms with Crippen LogP contribution >= 0.6 is 39.3 Å². The molecule has 2 aromatic carbocycles. The topological polar surface area (TPSA) is 90.4 Å². The van der Waals surface area contributed by atoms with Crippen molar-refractivity contribution in [3.05, 3.63) is 78.9 Å². The van der Waals surface area contributed by atoms with E-state index in [0.717, 1.165) is 0 Å². The van der Waals surface area contributed by atoms with Crippen LogP contribution in [0.25, 0.3) is 0 Å². The average molecular weight is 745 g/mol. The van der Waals surface area contributed by atoms with Crippen molar-refractivity contribution in [3.63, 3.8) is 0 Å². The second kappa shape index (κ2) is 14.8. The lowest BCUT2D eigenvalue weighted by Crippen LogP contribution is -2.59. The van der Waals surface area contributed by atoms with E-state index in [1.165, 1.54) is 0 Å². The summed E-state index contributed by atoms with van der Waals surface area (Å²) < 4.78 is 4.72. The van der Waals surface area contributed by atoms with E-state index < -0.39 is 28.7 Å². The van der Waals surface area contributed by atoms with Gasteiger partial charge in [0.25, 0.3) is 5.91 Å². The second-order valence-electron chi connectivity index (χ2n) is 12.4. The zero-order valence-corrected chi connectivity index (χ0v) is 30.2. The van der Waals surface area contributed by atoms with E-state index in [2.05, 4.69) is 29.1 Å². The lowest BCUT2D eigenvalue weighted by Gasteiger charge is -2.41. The predicted octanol–water partition coefficient (Wildman–Crippen LogP) is 6.35. The predicted molar refractivity (Wildman–Crippen MR) is 194 cm³/mol. The maximum Gasteiger partial charge on any atom is 0.251 e. The molecule has 2 aromatic rings. The van der Waals surface area contributed by atoms with Crippen molar-refractivity contribution in [1.82, 2.24) is 4.90 Å². The highest BCUT2D eigenvalue weighted by atomic mass is 79.9. The van der Waals surface area contributed by atoms with Crippen molar-refractivity contribution < 1.29 is 24.2 Å². The van der Waals surface area contributed by atoms with Gasteiger partial charge in [0.2, 0.25) is 11.8 Å². The first-order valence-electron chi connectivity index (χ1n) is 16.2. The number of anilines is 2. The number of ether oxygens (including phenoxy) is 1. The van der Waals surface area contributed by atoms with Crippen LogP contribution in [-0.4, -0.2) is 80.9 Å². The summed E-state index contributed by atoms with van der Waals surface area (Å²) in [5.74, 6) is -1.54. The zero-order valence-electron chi connectivity index (χ0n) is 27.1. The van der Waals surface area contributed by atoms with E-state index in [9.17, 15) is 19.5 Å². The second-order valence-corrected chi connectivity index (χ2v) is 15.6. The smallest absolute Gasteiger partial charge is 0.251 e. The van der Waals surface area contributed by atoms with Gasteiger partial charge in [0, 0.05) is 39.6 Å². The maximum absolute atomic E-state index is 15.0. The van der Waals surface area contributed by atoms with Crippen LogP contribution < -0.4 is 14.5 Å². The molecule has 8 atom stereocenters. The van der Waals surface area contributed by atoms with E-state index in [1.807, 2.05) is 45.0 Å². The number of likely N-dealkylation sites (tertiary alicyclic amines) is 1. The van der Waals surface area contributed by atoms with Crippen LogP contribution in [0.3, 0.4) is 0 Å². The van der Waals surface area contributed by atoms with Gasteiger partial charge in [0.05, 0.1) is 35.8 Å². The molecular weight excluding hydrogens is 702 g/mol. The standard InChI is InChI=1S/C36H43BrClN3O5S/c1-6-18-39(25-14-16-26(17-15-25)46-9-4)33(43)29-30-34(44)41(28(21-42)22(5)8-3)32(36(30)20-27(37)31(29)47-36)35(45)40(19-7-2)24-12-10-23(38)11-13-24/h6-7,10-17,22,27-32,42H,1-2,8-9,18-21H2,3-5H3/t22-,27?,28-,29+,30-,31+,32?,36?/m0/s1. The Balaban J connectivity index is 1.61. The normalized spacial score (nSPS) is 27.2. The van der Waals surface area contributed by atoms with E-state index in [4.69, 9.17) is 16.3 Å². The van der Waals surface area contributed by atoms with Crippen molar-refractivity contribution in [2.24, 2.45) is 17.8 Å². The van der Waals surface area contributed by atoms with Crippen molar-refractivity contribution in [2.75, 3.05) is 36.1 Å². The lowest BCUT2D eigenvalue weighted by atomic mass is 9.70. The molecule has 3 unspecified atom stereocenters. The van der Waals surface area contributed by atoms with Crippen LogP contribution in [0.15, 0.2) is 73.8 Å². The summed E-state index contributed by atoms with van der Waals surface area (Å²) in [5, 5.41) is 11.1. The Kier molecular flexibility index (Phi) is 11.2. The van der Waals surface area contributed by atoms with Gasteiger partial charge in [-0.25, -0.2) is 0 Å². The summed E-state index contributed by atoms with van der Waals surface area (Å²) in [5.41, 5.74) is 1.30.